The monoisotopic (exact) mass is 390 g/mol. The number of amides is 1. The standard InChI is InChI=1S/C21H30N2O5/c1-27-20(25)19(16-10-4-2-5-11-16)17-12-7-9-15-23(17)21(26)28-18(24)13-6-3-8-14-22/h2,4-5,10-11,17,19H,3,6-9,12-15,22H2,1H3. The van der Waals surface area contributed by atoms with Gasteiger partial charge in [0.2, 0.25) is 0 Å². The normalized spacial score (nSPS) is 17.6. The molecule has 0 radical (unpaired) electrons. The molecule has 0 saturated carbocycles. The highest BCUT2D eigenvalue weighted by molar-refractivity contribution is 5.86. The predicted molar refractivity (Wildman–Crippen MR) is 105 cm³/mol. The predicted octanol–water partition coefficient (Wildman–Crippen LogP) is 2.98. The van der Waals surface area contributed by atoms with Crippen molar-refractivity contribution in [1.82, 2.24) is 4.90 Å². The molecule has 1 aliphatic heterocycles. The summed E-state index contributed by atoms with van der Waals surface area (Å²) in [5, 5.41) is 0. The van der Waals surface area contributed by atoms with Gasteiger partial charge in [0, 0.05) is 13.0 Å². The fourth-order valence-electron chi connectivity index (χ4n) is 3.63. The van der Waals surface area contributed by atoms with E-state index in [0.29, 0.717) is 25.9 Å². The van der Waals surface area contributed by atoms with Crippen molar-refractivity contribution >= 4 is 18.0 Å². The first-order chi connectivity index (χ1) is 13.6. The Balaban J connectivity index is 2.09. The Morgan fingerprint density at radius 1 is 1.14 bits per heavy atom. The van der Waals surface area contributed by atoms with Crippen molar-refractivity contribution in [1.29, 1.82) is 0 Å². The van der Waals surface area contributed by atoms with Crippen molar-refractivity contribution in [3.63, 3.8) is 0 Å². The zero-order valence-electron chi connectivity index (χ0n) is 16.5. The maximum absolute atomic E-state index is 12.7. The molecule has 1 aromatic rings. The summed E-state index contributed by atoms with van der Waals surface area (Å²) in [6, 6.07) is 8.86. The van der Waals surface area contributed by atoms with E-state index in [9.17, 15) is 14.4 Å². The minimum atomic E-state index is -0.682. The number of piperidine rings is 1. The highest BCUT2D eigenvalue weighted by Crippen LogP contribution is 2.32. The summed E-state index contributed by atoms with van der Waals surface area (Å²) in [4.78, 5) is 38.7. The van der Waals surface area contributed by atoms with E-state index in [1.165, 1.54) is 12.0 Å². The zero-order chi connectivity index (χ0) is 20.4. The van der Waals surface area contributed by atoms with Gasteiger partial charge in [0.05, 0.1) is 13.2 Å². The molecule has 2 atom stereocenters. The van der Waals surface area contributed by atoms with Gasteiger partial charge in [0.15, 0.2) is 0 Å². The summed E-state index contributed by atoms with van der Waals surface area (Å²) in [5.74, 6) is -1.55. The van der Waals surface area contributed by atoms with Crippen molar-refractivity contribution in [2.75, 3.05) is 20.2 Å². The third-order valence-electron chi connectivity index (χ3n) is 5.07. The average molecular weight is 390 g/mol. The number of carbonyl (C=O) groups is 3. The van der Waals surface area contributed by atoms with Gasteiger partial charge < -0.3 is 20.1 Å². The van der Waals surface area contributed by atoms with Crippen LogP contribution in [0.5, 0.6) is 0 Å². The second kappa shape index (κ2) is 11.4. The van der Waals surface area contributed by atoms with Gasteiger partial charge in [-0.3, -0.25) is 9.59 Å². The van der Waals surface area contributed by atoms with Gasteiger partial charge in [-0.05, 0) is 44.2 Å². The first kappa shape index (κ1) is 21.9. The van der Waals surface area contributed by atoms with Crippen LogP contribution in [0.25, 0.3) is 0 Å². The number of benzene rings is 1. The molecule has 2 unspecified atom stereocenters. The van der Waals surface area contributed by atoms with E-state index in [2.05, 4.69) is 0 Å². The van der Waals surface area contributed by atoms with Gasteiger partial charge in [-0.2, -0.15) is 0 Å². The second-order valence-corrected chi connectivity index (χ2v) is 7.01. The SMILES string of the molecule is COC(=O)C(c1ccccc1)C1CCCCN1C(=O)OC(=O)CCCCCN. The largest absolute Gasteiger partial charge is 0.468 e. The van der Waals surface area contributed by atoms with Gasteiger partial charge in [0.1, 0.15) is 5.92 Å². The molecule has 154 valence electrons. The van der Waals surface area contributed by atoms with Crippen LogP contribution < -0.4 is 5.73 Å². The number of carbonyl (C=O) groups excluding carboxylic acids is 3. The Labute approximate surface area is 166 Å². The Hall–Kier alpha value is -2.41. The Bertz CT molecular complexity index is 649. The summed E-state index contributed by atoms with van der Waals surface area (Å²) in [7, 11) is 1.34. The number of nitrogens with zero attached hydrogens (tertiary/aromatic N) is 1. The highest BCUT2D eigenvalue weighted by Gasteiger charge is 2.39. The molecule has 1 amide bonds. The smallest absolute Gasteiger partial charge is 0.417 e. The van der Waals surface area contributed by atoms with Crippen LogP contribution in [0.1, 0.15) is 56.4 Å². The number of methoxy groups -OCH3 is 1. The van der Waals surface area contributed by atoms with Gasteiger partial charge in [0.25, 0.3) is 0 Å². The van der Waals surface area contributed by atoms with Crippen molar-refractivity contribution in [2.24, 2.45) is 5.73 Å². The maximum Gasteiger partial charge on any atom is 0.417 e. The molecule has 1 heterocycles. The van der Waals surface area contributed by atoms with E-state index in [-0.39, 0.29) is 6.42 Å². The number of hydrogen-bond donors (Lipinski definition) is 1. The van der Waals surface area contributed by atoms with Crippen LogP contribution in [0.4, 0.5) is 4.79 Å². The van der Waals surface area contributed by atoms with E-state index in [1.54, 1.807) is 0 Å². The van der Waals surface area contributed by atoms with Crippen molar-refractivity contribution in [2.45, 2.75) is 56.9 Å². The molecule has 1 fully saturated rings. The quantitative estimate of drug-likeness (QED) is 0.416. The van der Waals surface area contributed by atoms with E-state index in [0.717, 1.165) is 31.2 Å². The molecule has 1 aromatic carbocycles. The maximum atomic E-state index is 12.7. The van der Waals surface area contributed by atoms with Crippen molar-refractivity contribution in [3.8, 4) is 0 Å². The highest BCUT2D eigenvalue weighted by atomic mass is 16.6. The molecule has 2 N–H and O–H groups in total. The van der Waals surface area contributed by atoms with Crippen LogP contribution in [-0.4, -0.2) is 49.2 Å². The lowest BCUT2D eigenvalue weighted by Gasteiger charge is -2.38. The van der Waals surface area contributed by atoms with E-state index < -0.39 is 30.0 Å². The molecule has 0 spiro atoms. The molecular weight excluding hydrogens is 360 g/mol. The van der Waals surface area contributed by atoms with Gasteiger partial charge >= 0.3 is 18.0 Å². The van der Waals surface area contributed by atoms with Crippen LogP contribution in [0.2, 0.25) is 0 Å². The number of ether oxygens (including phenoxy) is 2. The number of esters is 2. The number of nitrogens with two attached hydrogens (primary N) is 1. The summed E-state index contributed by atoms with van der Waals surface area (Å²) in [6.45, 7) is 1.03. The zero-order valence-corrected chi connectivity index (χ0v) is 16.5. The molecule has 2 rings (SSSR count). The number of rotatable bonds is 8. The van der Waals surface area contributed by atoms with Crippen molar-refractivity contribution in [3.05, 3.63) is 35.9 Å². The summed E-state index contributed by atoms with van der Waals surface area (Å²) in [5.41, 5.74) is 6.22. The molecule has 7 nitrogen and oxygen atoms in total. The van der Waals surface area contributed by atoms with Crippen LogP contribution in [0, 0.1) is 0 Å². The molecule has 1 aliphatic rings. The first-order valence-electron chi connectivity index (χ1n) is 9.92. The van der Waals surface area contributed by atoms with Gasteiger partial charge in [-0.15, -0.1) is 0 Å². The Kier molecular flexibility index (Phi) is 8.94. The van der Waals surface area contributed by atoms with Crippen molar-refractivity contribution < 1.29 is 23.9 Å². The summed E-state index contributed by atoms with van der Waals surface area (Å²) >= 11 is 0. The van der Waals surface area contributed by atoms with E-state index in [4.69, 9.17) is 15.2 Å². The minimum absolute atomic E-state index is 0.184. The third-order valence-corrected chi connectivity index (χ3v) is 5.07. The number of hydrogen-bond acceptors (Lipinski definition) is 6. The molecule has 0 aliphatic carbocycles. The lowest BCUT2D eigenvalue weighted by atomic mass is 9.85. The van der Waals surface area contributed by atoms with Crippen LogP contribution in [-0.2, 0) is 19.1 Å². The minimum Gasteiger partial charge on any atom is -0.468 e. The van der Waals surface area contributed by atoms with E-state index in [1.807, 2.05) is 30.3 Å². The fraction of sp³-hybridized carbons (Fsp3) is 0.571. The number of likely N-dealkylation sites (tertiary alicyclic amines) is 1. The van der Waals surface area contributed by atoms with Crippen LogP contribution >= 0.6 is 0 Å². The fourth-order valence-corrected chi connectivity index (χ4v) is 3.63. The van der Waals surface area contributed by atoms with Crippen LogP contribution in [0.3, 0.4) is 0 Å². The second-order valence-electron chi connectivity index (χ2n) is 7.01. The van der Waals surface area contributed by atoms with E-state index >= 15 is 0 Å². The summed E-state index contributed by atoms with van der Waals surface area (Å²) < 4.78 is 10.1. The molecule has 1 saturated heterocycles. The molecule has 0 aromatic heterocycles. The average Bonchev–Trinajstić information content (AvgIpc) is 2.72. The lowest BCUT2D eigenvalue weighted by Crippen LogP contribution is -2.49. The lowest BCUT2D eigenvalue weighted by molar-refractivity contribution is -0.144. The topological polar surface area (TPSA) is 98.9 Å². The molecule has 28 heavy (non-hydrogen) atoms. The van der Waals surface area contributed by atoms with Gasteiger partial charge in [-0.1, -0.05) is 36.8 Å². The Morgan fingerprint density at radius 3 is 2.57 bits per heavy atom. The van der Waals surface area contributed by atoms with Gasteiger partial charge in [-0.25, -0.2) is 4.79 Å². The summed E-state index contributed by atoms with van der Waals surface area (Å²) in [6.07, 6.45) is 4.15. The first-order valence-corrected chi connectivity index (χ1v) is 9.92. The number of unbranched alkanes of at least 4 members (excludes halogenated alkanes) is 2. The Morgan fingerprint density at radius 2 is 1.89 bits per heavy atom. The molecular formula is C21H30N2O5. The molecule has 7 heteroatoms. The molecule has 0 bridgehead atoms. The van der Waals surface area contributed by atoms with Crippen LogP contribution in [0.15, 0.2) is 30.3 Å². The third kappa shape index (κ3) is 6.05.